The van der Waals surface area contributed by atoms with E-state index in [-0.39, 0.29) is 0 Å². The summed E-state index contributed by atoms with van der Waals surface area (Å²) >= 11 is 6.17. The lowest BCUT2D eigenvalue weighted by Crippen LogP contribution is -1.96. The normalized spacial score (nSPS) is 10.3. The van der Waals surface area contributed by atoms with Crippen LogP contribution in [-0.4, -0.2) is 0 Å². The number of nitrogens with one attached hydrogen (secondary N) is 1. The molecule has 0 saturated carbocycles. The molecule has 0 heterocycles. The maximum Gasteiger partial charge on any atom is 0.0870 e. The Bertz CT molecular complexity index is 550. The lowest BCUT2D eigenvalue weighted by molar-refractivity contribution is 1.43. The van der Waals surface area contributed by atoms with Gasteiger partial charge in [0.2, 0.25) is 0 Å². The van der Waals surface area contributed by atoms with Gasteiger partial charge in [0.15, 0.2) is 0 Å². The second-order valence-electron chi connectivity index (χ2n) is 4.21. The van der Waals surface area contributed by atoms with Crippen LogP contribution in [-0.2, 0) is 0 Å². The molecular formula is C14H15ClN2. The molecule has 0 amide bonds. The lowest BCUT2D eigenvalue weighted by Gasteiger charge is -2.11. The van der Waals surface area contributed by atoms with Crippen LogP contribution in [0.2, 0.25) is 5.02 Å². The van der Waals surface area contributed by atoms with Crippen LogP contribution in [0.25, 0.3) is 0 Å². The molecule has 0 atom stereocenters. The van der Waals surface area contributed by atoms with Gasteiger partial charge in [-0.15, -0.1) is 0 Å². The molecule has 2 aromatic carbocycles. The standard InChI is InChI=1S/C14H15ClN2/c1-9-4-3-5-11(6-9)17-13-8-10(2)7-12(16)14(13)15/h3-8,17H,16H2,1-2H3. The fraction of sp³-hybridized carbons (Fsp3) is 0.143. The summed E-state index contributed by atoms with van der Waals surface area (Å²) in [6, 6.07) is 12.0. The van der Waals surface area contributed by atoms with Gasteiger partial charge >= 0.3 is 0 Å². The summed E-state index contributed by atoms with van der Waals surface area (Å²) in [6.45, 7) is 4.05. The topological polar surface area (TPSA) is 38.0 Å². The first-order valence-electron chi connectivity index (χ1n) is 5.45. The molecular weight excluding hydrogens is 232 g/mol. The molecule has 0 unspecified atom stereocenters. The number of hydrogen-bond acceptors (Lipinski definition) is 2. The molecule has 2 nitrogen and oxygen atoms in total. The van der Waals surface area contributed by atoms with Crippen molar-refractivity contribution in [3.05, 3.63) is 52.5 Å². The van der Waals surface area contributed by atoms with E-state index >= 15 is 0 Å². The molecule has 88 valence electrons. The monoisotopic (exact) mass is 246 g/mol. The third-order valence-electron chi connectivity index (χ3n) is 2.54. The highest BCUT2D eigenvalue weighted by molar-refractivity contribution is 6.35. The summed E-state index contributed by atoms with van der Waals surface area (Å²) in [7, 11) is 0. The summed E-state index contributed by atoms with van der Waals surface area (Å²) < 4.78 is 0. The van der Waals surface area contributed by atoms with Crippen molar-refractivity contribution in [3.8, 4) is 0 Å². The van der Waals surface area contributed by atoms with E-state index in [0.717, 1.165) is 16.9 Å². The van der Waals surface area contributed by atoms with Gasteiger partial charge in [0, 0.05) is 5.69 Å². The minimum atomic E-state index is 0.567. The third kappa shape index (κ3) is 2.71. The van der Waals surface area contributed by atoms with Gasteiger partial charge < -0.3 is 11.1 Å². The molecule has 0 saturated heterocycles. The van der Waals surface area contributed by atoms with Crippen molar-refractivity contribution in [2.45, 2.75) is 13.8 Å². The number of hydrogen-bond donors (Lipinski definition) is 2. The summed E-state index contributed by atoms with van der Waals surface area (Å²) in [6.07, 6.45) is 0. The number of benzene rings is 2. The zero-order chi connectivity index (χ0) is 12.4. The van der Waals surface area contributed by atoms with Crippen LogP contribution in [0.5, 0.6) is 0 Å². The molecule has 0 radical (unpaired) electrons. The first-order chi connectivity index (χ1) is 8.06. The summed E-state index contributed by atoms with van der Waals surface area (Å²) in [5.41, 5.74) is 10.6. The highest BCUT2D eigenvalue weighted by Gasteiger charge is 2.05. The van der Waals surface area contributed by atoms with Gasteiger partial charge in [0.05, 0.1) is 16.4 Å². The SMILES string of the molecule is Cc1cccc(Nc2cc(C)cc(N)c2Cl)c1. The van der Waals surface area contributed by atoms with Crippen molar-refractivity contribution in [1.29, 1.82) is 0 Å². The molecule has 3 heteroatoms. The molecule has 0 bridgehead atoms. The van der Waals surface area contributed by atoms with Crippen LogP contribution in [0.4, 0.5) is 17.1 Å². The number of nitrogens with two attached hydrogens (primary N) is 1. The van der Waals surface area contributed by atoms with E-state index in [0.29, 0.717) is 10.7 Å². The van der Waals surface area contributed by atoms with E-state index in [9.17, 15) is 0 Å². The molecule has 2 aromatic rings. The van der Waals surface area contributed by atoms with Crippen molar-refractivity contribution in [1.82, 2.24) is 0 Å². The Labute approximate surface area is 106 Å². The minimum Gasteiger partial charge on any atom is -0.397 e. The molecule has 0 aromatic heterocycles. The summed E-state index contributed by atoms with van der Waals surface area (Å²) in [5, 5.41) is 3.85. The minimum absolute atomic E-state index is 0.567. The van der Waals surface area contributed by atoms with Crippen LogP contribution in [0, 0.1) is 13.8 Å². The second-order valence-corrected chi connectivity index (χ2v) is 4.59. The highest BCUT2D eigenvalue weighted by atomic mass is 35.5. The number of nitrogen functional groups attached to an aromatic ring is 1. The quantitative estimate of drug-likeness (QED) is 0.776. The smallest absolute Gasteiger partial charge is 0.0870 e. The van der Waals surface area contributed by atoms with Crippen LogP contribution in [0.1, 0.15) is 11.1 Å². The highest BCUT2D eigenvalue weighted by Crippen LogP contribution is 2.31. The largest absolute Gasteiger partial charge is 0.397 e. The van der Waals surface area contributed by atoms with Crippen molar-refractivity contribution < 1.29 is 0 Å². The van der Waals surface area contributed by atoms with E-state index in [1.165, 1.54) is 5.56 Å². The third-order valence-corrected chi connectivity index (χ3v) is 2.96. The summed E-state index contributed by atoms with van der Waals surface area (Å²) in [5.74, 6) is 0. The van der Waals surface area contributed by atoms with E-state index in [2.05, 4.69) is 24.4 Å². The molecule has 3 N–H and O–H groups in total. The van der Waals surface area contributed by atoms with E-state index in [1.54, 1.807) is 0 Å². The predicted octanol–water partition coefficient (Wildman–Crippen LogP) is 4.28. The van der Waals surface area contributed by atoms with Crippen LogP contribution < -0.4 is 11.1 Å². The van der Waals surface area contributed by atoms with Crippen molar-refractivity contribution in [2.24, 2.45) is 0 Å². The number of halogens is 1. The van der Waals surface area contributed by atoms with Gasteiger partial charge in [0.25, 0.3) is 0 Å². The Kier molecular flexibility index (Phi) is 3.25. The van der Waals surface area contributed by atoms with Crippen LogP contribution in [0.15, 0.2) is 36.4 Å². The fourth-order valence-electron chi connectivity index (χ4n) is 1.77. The molecule has 0 aliphatic heterocycles. The molecule has 17 heavy (non-hydrogen) atoms. The zero-order valence-corrected chi connectivity index (χ0v) is 10.7. The first-order valence-corrected chi connectivity index (χ1v) is 5.83. The van der Waals surface area contributed by atoms with Crippen molar-refractivity contribution in [3.63, 3.8) is 0 Å². The number of anilines is 3. The predicted molar refractivity (Wildman–Crippen MR) is 75.1 cm³/mol. The summed E-state index contributed by atoms with van der Waals surface area (Å²) in [4.78, 5) is 0. The number of rotatable bonds is 2. The second kappa shape index (κ2) is 4.68. The van der Waals surface area contributed by atoms with Gasteiger partial charge in [-0.05, 0) is 49.2 Å². The maximum atomic E-state index is 6.17. The average molecular weight is 247 g/mol. The first kappa shape index (κ1) is 11.8. The molecule has 0 aliphatic carbocycles. The van der Waals surface area contributed by atoms with Gasteiger partial charge in [-0.2, -0.15) is 0 Å². The number of aryl methyl sites for hydroxylation is 2. The maximum absolute atomic E-state index is 6.17. The van der Waals surface area contributed by atoms with Gasteiger partial charge in [-0.3, -0.25) is 0 Å². The van der Waals surface area contributed by atoms with Crippen molar-refractivity contribution >= 4 is 28.7 Å². The van der Waals surface area contributed by atoms with E-state index < -0.39 is 0 Å². The Morgan fingerprint density at radius 3 is 2.53 bits per heavy atom. The molecule has 0 fully saturated rings. The van der Waals surface area contributed by atoms with Gasteiger partial charge in [-0.1, -0.05) is 23.7 Å². The Morgan fingerprint density at radius 1 is 1.06 bits per heavy atom. The van der Waals surface area contributed by atoms with E-state index in [1.807, 2.05) is 31.2 Å². The zero-order valence-electron chi connectivity index (χ0n) is 9.92. The van der Waals surface area contributed by atoms with E-state index in [4.69, 9.17) is 17.3 Å². The van der Waals surface area contributed by atoms with Crippen LogP contribution in [0.3, 0.4) is 0 Å². The molecule has 2 rings (SSSR count). The molecule has 0 spiro atoms. The lowest BCUT2D eigenvalue weighted by atomic mass is 10.1. The Balaban J connectivity index is 2.36. The fourth-order valence-corrected chi connectivity index (χ4v) is 1.92. The Hall–Kier alpha value is -1.67. The average Bonchev–Trinajstić information content (AvgIpc) is 2.25. The van der Waals surface area contributed by atoms with Gasteiger partial charge in [0.1, 0.15) is 0 Å². The van der Waals surface area contributed by atoms with Crippen LogP contribution >= 0.6 is 11.6 Å². The molecule has 0 aliphatic rings. The Morgan fingerprint density at radius 2 is 1.82 bits per heavy atom. The van der Waals surface area contributed by atoms with Gasteiger partial charge in [-0.25, -0.2) is 0 Å². The van der Waals surface area contributed by atoms with Crippen molar-refractivity contribution in [2.75, 3.05) is 11.1 Å².